The molecular formula is C8H11N5O. The van der Waals surface area contributed by atoms with Gasteiger partial charge in [0.05, 0.1) is 6.33 Å². The predicted molar refractivity (Wildman–Crippen MR) is 51.5 cm³/mol. The van der Waals surface area contributed by atoms with Gasteiger partial charge in [-0.25, -0.2) is 15.0 Å². The molecule has 0 aliphatic heterocycles. The molecule has 0 amide bonds. The minimum Gasteiger partial charge on any atom is -0.396 e. The summed E-state index contributed by atoms with van der Waals surface area (Å²) in [4.78, 5) is 15.1. The third-order valence-electron chi connectivity index (χ3n) is 1.92. The Morgan fingerprint density at radius 3 is 3.07 bits per heavy atom. The zero-order valence-corrected chi connectivity index (χ0v) is 7.56. The van der Waals surface area contributed by atoms with Gasteiger partial charge in [-0.1, -0.05) is 0 Å². The second kappa shape index (κ2) is 3.59. The Hall–Kier alpha value is -1.69. The molecule has 0 aromatic carbocycles. The maximum atomic E-state index is 8.66. The Labute approximate surface area is 80.2 Å². The van der Waals surface area contributed by atoms with Gasteiger partial charge in [0.2, 0.25) is 0 Å². The van der Waals surface area contributed by atoms with Crippen molar-refractivity contribution in [3.05, 3.63) is 12.2 Å². The summed E-state index contributed by atoms with van der Waals surface area (Å²) in [5.74, 6) is 1.02. The van der Waals surface area contributed by atoms with Crippen LogP contribution in [-0.2, 0) is 6.42 Å². The van der Waals surface area contributed by atoms with Gasteiger partial charge in [-0.2, -0.15) is 0 Å². The normalized spacial score (nSPS) is 10.9. The number of aryl methyl sites for hydroxylation is 1. The van der Waals surface area contributed by atoms with Crippen LogP contribution in [0.15, 0.2) is 6.33 Å². The number of aliphatic hydroxyl groups excluding tert-OH is 1. The molecule has 2 rings (SSSR count). The average molecular weight is 193 g/mol. The van der Waals surface area contributed by atoms with Crippen molar-refractivity contribution < 1.29 is 5.11 Å². The first-order valence-electron chi connectivity index (χ1n) is 4.37. The van der Waals surface area contributed by atoms with Gasteiger partial charge in [-0.15, -0.1) is 0 Å². The molecule has 2 heterocycles. The van der Waals surface area contributed by atoms with Crippen LogP contribution in [0.25, 0.3) is 11.2 Å². The molecule has 0 bridgehead atoms. The van der Waals surface area contributed by atoms with E-state index in [1.807, 2.05) is 0 Å². The van der Waals surface area contributed by atoms with Crippen LogP contribution >= 0.6 is 0 Å². The zero-order chi connectivity index (χ0) is 9.97. The number of rotatable bonds is 3. The molecule has 14 heavy (non-hydrogen) atoms. The summed E-state index contributed by atoms with van der Waals surface area (Å²) in [6.45, 7) is 0.127. The van der Waals surface area contributed by atoms with Crippen molar-refractivity contribution in [1.29, 1.82) is 0 Å². The summed E-state index contributed by atoms with van der Waals surface area (Å²) in [6, 6.07) is 0. The molecule has 0 fully saturated rings. The van der Waals surface area contributed by atoms with E-state index in [0.29, 0.717) is 35.6 Å². The summed E-state index contributed by atoms with van der Waals surface area (Å²) in [6.07, 6.45) is 2.78. The van der Waals surface area contributed by atoms with Gasteiger partial charge in [-0.05, 0) is 6.42 Å². The van der Waals surface area contributed by atoms with Crippen molar-refractivity contribution in [2.75, 3.05) is 12.3 Å². The molecule has 0 unspecified atom stereocenters. The Kier molecular flexibility index (Phi) is 2.28. The molecule has 0 radical (unpaired) electrons. The lowest BCUT2D eigenvalue weighted by atomic mass is 10.3. The molecule has 0 aliphatic rings. The van der Waals surface area contributed by atoms with E-state index in [9.17, 15) is 0 Å². The molecule has 74 valence electrons. The molecule has 6 nitrogen and oxygen atoms in total. The average Bonchev–Trinajstić information content (AvgIpc) is 2.63. The molecule has 0 spiro atoms. The number of nitrogens with zero attached hydrogens (tertiary/aromatic N) is 3. The molecule has 4 N–H and O–H groups in total. The van der Waals surface area contributed by atoms with Gasteiger partial charge in [0.15, 0.2) is 11.5 Å². The molecule has 2 aromatic heterocycles. The van der Waals surface area contributed by atoms with Crippen LogP contribution in [0.5, 0.6) is 0 Å². The van der Waals surface area contributed by atoms with Crippen LogP contribution in [0.2, 0.25) is 0 Å². The van der Waals surface area contributed by atoms with Crippen LogP contribution in [-0.4, -0.2) is 31.6 Å². The second-order valence-electron chi connectivity index (χ2n) is 2.95. The summed E-state index contributed by atoms with van der Waals surface area (Å²) < 4.78 is 0. The Bertz CT molecular complexity index is 438. The number of imidazole rings is 1. The number of nitrogen functional groups attached to an aromatic ring is 1. The van der Waals surface area contributed by atoms with Crippen molar-refractivity contribution in [2.24, 2.45) is 0 Å². The fourth-order valence-corrected chi connectivity index (χ4v) is 1.25. The highest BCUT2D eigenvalue weighted by molar-refractivity contribution is 5.80. The monoisotopic (exact) mass is 193 g/mol. The number of aromatic nitrogens is 4. The number of nitrogens with one attached hydrogen (secondary N) is 1. The van der Waals surface area contributed by atoms with E-state index < -0.39 is 0 Å². The first-order valence-corrected chi connectivity index (χ1v) is 4.37. The van der Waals surface area contributed by atoms with Crippen LogP contribution in [0.1, 0.15) is 12.2 Å². The standard InChI is InChI=1S/C8H11N5O/c9-7-6-8(11-4-10-6)13-5(12-7)2-1-3-14/h4,14H,1-3H2,(H3,9,10,11,12,13). The molecule has 0 atom stereocenters. The van der Waals surface area contributed by atoms with Crippen LogP contribution in [0.4, 0.5) is 5.82 Å². The number of hydrogen-bond donors (Lipinski definition) is 3. The highest BCUT2D eigenvalue weighted by Gasteiger charge is 2.06. The first-order chi connectivity index (χ1) is 6.81. The van der Waals surface area contributed by atoms with E-state index in [0.717, 1.165) is 0 Å². The minimum absolute atomic E-state index is 0.127. The lowest BCUT2D eigenvalue weighted by Crippen LogP contribution is -2.02. The number of hydrogen-bond acceptors (Lipinski definition) is 5. The van der Waals surface area contributed by atoms with E-state index in [2.05, 4.69) is 19.9 Å². The van der Waals surface area contributed by atoms with E-state index in [1.54, 1.807) is 0 Å². The van der Waals surface area contributed by atoms with E-state index in [1.165, 1.54) is 6.33 Å². The van der Waals surface area contributed by atoms with E-state index >= 15 is 0 Å². The number of nitrogens with two attached hydrogens (primary N) is 1. The lowest BCUT2D eigenvalue weighted by Gasteiger charge is -1.99. The topological polar surface area (TPSA) is 101 Å². The minimum atomic E-state index is 0.127. The van der Waals surface area contributed by atoms with Crippen molar-refractivity contribution in [1.82, 2.24) is 19.9 Å². The SMILES string of the molecule is Nc1nc(CCCO)nc2nc[nH]c12. The molecular weight excluding hydrogens is 182 g/mol. The van der Waals surface area contributed by atoms with Crippen molar-refractivity contribution in [3.8, 4) is 0 Å². The maximum Gasteiger partial charge on any atom is 0.183 e. The highest BCUT2D eigenvalue weighted by atomic mass is 16.2. The van der Waals surface area contributed by atoms with Gasteiger partial charge >= 0.3 is 0 Å². The highest BCUT2D eigenvalue weighted by Crippen LogP contribution is 2.13. The number of fused-ring (bicyclic) bond motifs is 1. The van der Waals surface area contributed by atoms with Gasteiger partial charge in [0, 0.05) is 13.0 Å². The predicted octanol–water partition coefficient (Wildman–Crippen LogP) is -0.140. The summed E-state index contributed by atoms with van der Waals surface area (Å²) in [5.41, 5.74) is 6.93. The third kappa shape index (κ3) is 1.51. The van der Waals surface area contributed by atoms with Crippen molar-refractivity contribution in [3.63, 3.8) is 0 Å². The molecule has 0 saturated heterocycles. The fraction of sp³-hybridized carbons (Fsp3) is 0.375. The molecule has 2 aromatic rings. The van der Waals surface area contributed by atoms with Crippen LogP contribution in [0.3, 0.4) is 0 Å². The third-order valence-corrected chi connectivity index (χ3v) is 1.92. The van der Waals surface area contributed by atoms with Gasteiger partial charge < -0.3 is 15.8 Å². The second-order valence-corrected chi connectivity index (χ2v) is 2.95. The Morgan fingerprint density at radius 1 is 1.43 bits per heavy atom. The van der Waals surface area contributed by atoms with E-state index in [-0.39, 0.29) is 6.61 Å². The zero-order valence-electron chi connectivity index (χ0n) is 7.56. The number of anilines is 1. The quantitative estimate of drug-likeness (QED) is 0.629. The number of H-pyrrole nitrogens is 1. The van der Waals surface area contributed by atoms with Gasteiger partial charge in [0.1, 0.15) is 11.3 Å². The smallest absolute Gasteiger partial charge is 0.183 e. The molecule has 0 aliphatic carbocycles. The van der Waals surface area contributed by atoms with Gasteiger partial charge in [-0.3, -0.25) is 0 Å². The Morgan fingerprint density at radius 2 is 2.29 bits per heavy atom. The van der Waals surface area contributed by atoms with Crippen molar-refractivity contribution >= 4 is 17.0 Å². The first kappa shape index (κ1) is 8.89. The van der Waals surface area contributed by atoms with Crippen LogP contribution < -0.4 is 5.73 Å². The summed E-state index contributed by atoms with van der Waals surface area (Å²) in [7, 11) is 0. The summed E-state index contributed by atoms with van der Waals surface area (Å²) in [5, 5.41) is 8.66. The Balaban J connectivity index is 2.38. The molecule has 6 heteroatoms. The number of aromatic amines is 1. The maximum absolute atomic E-state index is 8.66. The lowest BCUT2D eigenvalue weighted by molar-refractivity contribution is 0.287. The van der Waals surface area contributed by atoms with Crippen molar-refractivity contribution in [2.45, 2.75) is 12.8 Å². The largest absolute Gasteiger partial charge is 0.396 e. The van der Waals surface area contributed by atoms with E-state index in [4.69, 9.17) is 10.8 Å². The fourth-order valence-electron chi connectivity index (χ4n) is 1.25. The van der Waals surface area contributed by atoms with Gasteiger partial charge in [0.25, 0.3) is 0 Å². The number of aliphatic hydroxyl groups is 1. The summed E-state index contributed by atoms with van der Waals surface area (Å²) >= 11 is 0. The molecule has 0 saturated carbocycles. The van der Waals surface area contributed by atoms with Crippen LogP contribution in [0, 0.1) is 0 Å².